The summed E-state index contributed by atoms with van der Waals surface area (Å²) in [6, 6.07) is 10.3. The van der Waals surface area contributed by atoms with E-state index in [2.05, 4.69) is 25.4 Å². The van der Waals surface area contributed by atoms with Crippen LogP contribution >= 0.6 is 11.6 Å². The quantitative estimate of drug-likeness (QED) is 0.542. The number of pyridine rings is 1. The molecule has 1 aromatic carbocycles. The van der Waals surface area contributed by atoms with Crippen LogP contribution in [-0.2, 0) is 0 Å². The molecule has 3 heterocycles. The first-order valence-electron chi connectivity index (χ1n) is 7.58. The molecule has 0 radical (unpaired) electrons. The normalized spacial score (nSPS) is 10.8. The Morgan fingerprint density at radius 2 is 2.00 bits per heavy atom. The standard InChI is InChI=1S/C17H11ClN6O2/c18-14-10(4-3-7-19-14)17(26)23-12-5-1-2-6-13(12)24-15-11(8-22-24)16(25)21-9-20-15/h1-9H,(H,23,26)(H,20,21,25). The Bertz CT molecular complexity index is 1180. The molecule has 26 heavy (non-hydrogen) atoms. The Hall–Kier alpha value is -3.52. The van der Waals surface area contributed by atoms with Crippen LogP contribution in [0, 0.1) is 0 Å². The molecule has 0 fully saturated rings. The molecule has 8 nitrogen and oxygen atoms in total. The van der Waals surface area contributed by atoms with Crippen LogP contribution in [0.15, 0.2) is 59.9 Å². The highest BCUT2D eigenvalue weighted by atomic mass is 35.5. The van der Waals surface area contributed by atoms with Crippen LogP contribution in [-0.4, -0.2) is 30.6 Å². The van der Waals surface area contributed by atoms with E-state index in [1.54, 1.807) is 36.4 Å². The lowest BCUT2D eigenvalue weighted by atomic mass is 10.2. The number of aromatic nitrogens is 5. The van der Waals surface area contributed by atoms with Crippen LogP contribution in [0.4, 0.5) is 5.69 Å². The Labute approximate surface area is 151 Å². The molecular weight excluding hydrogens is 356 g/mol. The van der Waals surface area contributed by atoms with Crippen LogP contribution in [0.25, 0.3) is 16.7 Å². The van der Waals surface area contributed by atoms with Crippen molar-refractivity contribution in [1.82, 2.24) is 24.7 Å². The van der Waals surface area contributed by atoms with Crippen LogP contribution in [0.2, 0.25) is 5.15 Å². The maximum atomic E-state index is 12.5. The van der Waals surface area contributed by atoms with Gasteiger partial charge >= 0.3 is 0 Å². The molecule has 0 unspecified atom stereocenters. The van der Waals surface area contributed by atoms with E-state index in [1.807, 2.05) is 0 Å². The number of nitrogens with zero attached hydrogens (tertiary/aromatic N) is 4. The number of benzene rings is 1. The van der Waals surface area contributed by atoms with Crippen molar-refractivity contribution in [2.75, 3.05) is 5.32 Å². The second kappa shape index (κ2) is 6.41. The molecule has 0 saturated heterocycles. The van der Waals surface area contributed by atoms with E-state index in [-0.39, 0.29) is 16.3 Å². The topological polar surface area (TPSA) is 106 Å². The summed E-state index contributed by atoms with van der Waals surface area (Å²) in [5, 5.41) is 7.49. The number of fused-ring (bicyclic) bond motifs is 1. The van der Waals surface area contributed by atoms with Crippen molar-refractivity contribution in [1.29, 1.82) is 0 Å². The smallest absolute Gasteiger partial charge is 0.261 e. The van der Waals surface area contributed by atoms with Gasteiger partial charge in [-0.1, -0.05) is 23.7 Å². The van der Waals surface area contributed by atoms with E-state index in [4.69, 9.17) is 11.6 Å². The van der Waals surface area contributed by atoms with Gasteiger partial charge in [-0.2, -0.15) is 5.10 Å². The second-order valence-corrected chi connectivity index (χ2v) is 5.70. The summed E-state index contributed by atoms with van der Waals surface area (Å²) < 4.78 is 1.49. The van der Waals surface area contributed by atoms with Gasteiger partial charge in [0, 0.05) is 6.20 Å². The number of hydrogen-bond donors (Lipinski definition) is 2. The maximum absolute atomic E-state index is 12.5. The third-order valence-electron chi connectivity index (χ3n) is 3.76. The van der Waals surface area contributed by atoms with Gasteiger partial charge < -0.3 is 10.3 Å². The summed E-state index contributed by atoms with van der Waals surface area (Å²) in [5.41, 5.74) is 1.40. The number of carbonyl (C=O) groups excluding carboxylic acids is 1. The fraction of sp³-hybridized carbons (Fsp3) is 0. The first-order valence-corrected chi connectivity index (χ1v) is 7.95. The first-order chi connectivity index (χ1) is 12.6. The number of H-pyrrole nitrogens is 1. The van der Waals surface area contributed by atoms with Crippen molar-refractivity contribution in [3.05, 3.63) is 76.2 Å². The molecule has 9 heteroatoms. The van der Waals surface area contributed by atoms with Crippen molar-refractivity contribution in [3.8, 4) is 5.69 Å². The molecule has 128 valence electrons. The van der Waals surface area contributed by atoms with Gasteiger partial charge in [0.05, 0.1) is 29.5 Å². The third kappa shape index (κ3) is 2.72. The fourth-order valence-corrected chi connectivity index (χ4v) is 2.75. The number of hydrogen-bond acceptors (Lipinski definition) is 5. The van der Waals surface area contributed by atoms with Gasteiger partial charge in [-0.25, -0.2) is 14.6 Å². The van der Waals surface area contributed by atoms with Gasteiger partial charge in [0.1, 0.15) is 10.5 Å². The summed E-state index contributed by atoms with van der Waals surface area (Å²) >= 11 is 5.98. The molecular formula is C17H11ClN6O2. The summed E-state index contributed by atoms with van der Waals surface area (Å²) in [6.45, 7) is 0. The highest BCUT2D eigenvalue weighted by Crippen LogP contribution is 2.23. The molecule has 4 rings (SSSR count). The van der Waals surface area contributed by atoms with Crippen molar-refractivity contribution in [2.45, 2.75) is 0 Å². The highest BCUT2D eigenvalue weighted by Gasteiger charge is 2.16. The number of carbonyl (C=O) groups is 1. The van der Waals surface area contributed by atoms with Gasteiger partial charge in [-0.15, -0.1) is 0 Å². The average Bonchev–Trinajstić information content (AvgIpc) is 3.08. The largest absolute Gasteiger partial charge is 0.320 e. The monoisotopic (exact) mass is 366 g/mol. The Kier molecular flexibility index (Phi) is 3.94. The summed E-state index contributed by atoms with van der Waals surface area (Å²) in [4.78, 5) is 35.0. The molecule has 2 N–H and O–H groups in total. The molecule has 3 aromatic heterocycles. The van der Waals surface area contributed by atoms with Crippen molar-refractivity contribution in [3.63, 3.8) is 0 Å². The number of anilines is 1. The van der Waals surface area contributed by atoms with E-state index in [0.29, 0.717) is 22.4 Å². The maximum Gasteiger partial charge on any atom is 0.261 e. The van der Waals surface area contributed by atoms with Crippen LogP contribution in [0.1, 0.15) is 10.4 Å². The summed E-state index contributed by atoms with van der Waals surface area (Å²) in [6.07, 6.45) is 4.24. The lowest BCUT2D eigenvalue weighted by Gasteiger charge is -2.12. The van der Waals surface area contributed by atoms with Gasteiger partial charge in [-0.05, 0) is 24.3 Å². The molecule has 0 spiro atoms. The number of para-hydroxylation sites is 2. The first kappa shape index (κ1) is 16.0. The predicted molar refractivity (Wildman–Crippen MR) is 96.7 cm³/mol. The minimum absolute atomic E-state index is 0.111. The van der Waals surface area contributed by atoms with Gasteiger partial charge in [-0.3, -0.25) is 9.59 Å². The van der Waals surface area contributed by atoms with Crippen molar-refractivity contribution < 1.29 is 4.79 Å². The molecule has 0 bridgehead atoms. The predicted octanol–water partition coefficient (Wildman–Crippen LogP) is 2.41. The number of nitrogens with one attached hydrogen (secondary N) is 2. The molecule has 0 saturated carbocycles. The van der Waals surface area contributed by atoms with Crippen molar-refractivity contribution >= 4 is 34.2 Å². The van der Waals surface area contributed by atoms with E-state index >= 15 is 0 Å². The SMILES string of the molecule is O=C(Nc1ccccc1-n1ncc2c(=O)[nH]cnc21)c1cccnc1Cl. The third-order valence-corrected chi connectivity index (χ3v) is 4.06. The highest BCUT2D eigenvalue weighted by molar-refractivity contribution is 6.33. The Morgan fingerprint density at radius 3 is 2.85 bits per heavy atom. The minimum Gasteiger partial charge on any atom is -0.320 e. The number of amides is 1. The number of rotatable bonds is 3. The van der Waals surface area contributed by atoms with Gasteiger partial charge in [0.2, 0.25) is 0 Å². The summed E-state index contributed by atoms with van der Waals surface area (Å²) in [7, 11) is 0. The van der Waals surface area contributed by atoms with Crippen LogP contribution in [0.5, 0.6) is 0 Å². The summed E-state index contributed by atoms with van der Waals surface area (Å²) in [5.74, 6) is -0.405. The molecule has 0 aliphatic heterocycles. The zero-order valence-electron chi connectivity index (χ0n) is 13.2. The van der Waals surface area contributed by atoms with E-state index in [9.17, 15) is 9.59 Å². The van der Waals surface area contributed by atoms with Crippen LogP contribution < -0.4 is 10.9 Å². The molecule has 0 aliphatic carbocycles. The minimum atomic E-state index is -0.405. The lowest BCUT2D eigenvalue weighted by molar-refractivity contribution is 0.102. The number of halogens is 1. The lowest BCUT2D eigenvalue weighted by Crippen LogP contribution is -2.15. The van der Waals surface area contributed by atoms with E-state index in [1.165, 1.54) is 23.4 Å². The van der Waals surface area contributed by atoms with Crippen molar-refractivity contribution in [2.24, 2.45) is 0 Å². The molecule has 0 aliphatic rings. The van der Waals surface area contributed by atoms with Gasteiger partial charge in [0.15, 0.2) is 5.65 Å². The average molecular weight is 367 g/mol. The zero-order chi connectivity index (χ0) is 18.1. The fourth-order valence-electron chi connectivity index (χ4n) is 2.54. The number of aromatic amines is 1. The molecule has 4 aromatic rings. The van der Waals surface area contributed by atoms with Crippen LogP contribution in [0.3, 0.4) is 0 Å². The molecule has 0 atom stereocenters. The Morgan fingerprint density at radius 1 is 1.15 bits per heavy atom. The van der Waals surface area contributed by atoms with E-state index in [0.717, 1.165) is 0 Å². The van der Waals surface area contributed by atoms with Gasteiger partial charge in [0.25, 0.3) is 11.5 Å². The second-order valence-electron chi connectivity index (χ2n) is 5.34. The Balaban J connectivity index is 1.78. The zero-order valence-corrected chi connectivity index (χ0v) is 13.9. The molecule has 1 amide bonds. The van der Waals surface area contributed by atoms with E-state index < -0.39 is 5.91 Å².